The second kappa shape index (κ2) is 6.45. The predicted molar refractivity (Wildman–Crippen MR) is 86.8 cm³/mol. The molecule has 4 aliphatic carbocycles. The number of carbonyl (C=O) groups is 1. The number of halogens is 1. The Labute approximate surface area is 134 Å². The molecule has 0 aliphatic heterocycles. The summed E-state index contributed by atoms with van der Waals surface area (Å²) in [6.07, 6.45) is 10.1. The average Bonchev–Trinajstić information content (AvgIpc) is 2.37. The van der Waals surface area contributed by atoms with Crippen LogP contribution in [-0.2, 0) is 4.79 Å². The van der Waals surface area contributed by atoms with Gasteiger partial charge in [-0.15, -0.1) is 12.4 Å². The van der Waals surface area contributed by atoms with Crippen molar-refractivity contribution in [3.05, 3.63) is 0 Å². The average molecular weight is 316 g/mol. The summed E-state index contributed by atoms with van der Waals surface area (Å²) in [4.78, 5) is 13.7. The Morgan fingerprint density at radius 3 is 2.05 bits per heavy atom. The van der Waals surface area contributed by atoms with Crippen LogP contribution in [0.25, 0.3) is 0 Å². The molecule has 122 valence electrons. The van der Waals surface area contributed by atoms with Gasteiger partial charge in [0.05, 0.1) is 5.92 Å². The van der Waals surface area contributed by atoms with Crippen molar-refractivity contribution < 1.29 is 9.90 Å². The van der Waals surface area contributed by atoms with E-state index >= 15 is 0 Å². The van der Waals surface area contributed by atoms with Gasteiger partial charge in [0.25, 0.3) is 0 Å². The topological polar surface area (TPSA) is 40.5 Å². The quantitative estimate of drug-likeness (QED) is 0.810. The molecule has 0 amide bonds. The van der Waals surface area contributed by atoms with Crippen LogP contribution in [0, 0.1) is 23.7 Å². The standard InChI is InChI=1S/C17H29NO2.ClH/c1-3-15(16(19)20)4-5-18(2)17-9-12-6-13(10-17)8-14(7-12)11-17;/h12-15H,3-11H2,1-2H3,(H,19,20);1H. The number of carboxylic acids is 1. The highest BCUT2D eigenvalue weighted by Crippen LogP contribution is 2.57. The molecule has 1 unspecified atom stereocenters. The molecule has 4 aliphatic rings. The van der Waals surface area contributed by atoms with Gasteiger partial charge in [-0.1, -0.05) is 6.92 Å². The van der Waals surface area contributed by atoms with Crippen LogP contribution in [0.15, 0.2) is 0 Å². The van der Waals surface area contributed by atoms with Gasteiger partial charge in [0.15, 0.2) is 0 Å². The van der Waals surface area contributed by atoms with Crippen LogP contribution in [0.4, 0.5) is 0 Å². The number of rotatable bonds is 6. The van der Waals surface area contributed by atoms with Crippen LogP contribution in [-0.4, -0.2) is 35.1 Å². The van der Waals surface area contributed by atoms with E-state index in [0.717, 1.165) is 37.1 Å². The summed E-state index contributed by atoms with van der Waals surface area (Å²) >= 11 is 0. The predicted octanol–water partition coefficient (Wildman–Crippen LogP) is 3.81. The van der Waals surface area contributed by atoms with E-state index < -0.39 is 5.97 Å². The van der Waals surface area contributed by atoms with Crippen molar-refractivity contribution in [1.82, 2.24) is 4.90 Å². The van der Waals surface area contributed by atoms with E-state index in [1.807, 2.05) is 6.92 Å². The summed E-state index contributed by atoms with van der Waals surface area (Å²) in [5, 5.41) is 9.20. The fourth-order valence-corrected chi connectivity index (χ4v) is 5.62. The highest BCUT2D eigenvalue weighted by molar-refractivity contribution is 5.85. The summed E-state index contributed by atoms with van der Waals surface area (Å²) in [7, 11) is 2.25. The minimum absolute atomic E-state index is 0. The van der Waals surface area contributed by atoms with Crippen LogP contribution >= 0.6 is 12.4 Å². The number of carboxylic acid groups (broad SMARTS) is 1. The minimum Gasteiger partial charge on any atom is -0.481 e. The van der Waals surface area contributed by atoms with E-state index in [2.05, 4.69) is 11.9 Å². The Bertz CT molecular complexity index is 350. The maximum atomic E-state index is 11.2. The third kappa shape index (κ3) is 3.24. The van der Waals surface area contributed by atoms with Crippen LogP contribution < -0.4 is 0 Å². The van der Waals surface area contributed by atoms with E-state index in [-0.39, 0.29) is 18.3 Å². The highest BCUT2D eigenvalue weighted by Gasteiger charge is 2.52. The Morgan fingerprint density at radius 2 is 1.67 bits per heavy atom. The maximum Gasteiger partial charge on any atom is 0.306 e. The first kappa shape index (κ1) is 17.1. The molecule has 1 atom stereocenters. The zero-order valence-electron chi connectivity index (χ0n) is 13.4. The Kier molecular flexibility index (Phi) is 5.25. The molecule has 0 aromatic heterocycles. The first-order valence-corrected chi connectivity index (χ1v) is 8.46. The van der Waals surface area contributed by atoms with Crippen molar-refractivity contribution in [2.75, 3.05) is 13.6 Å². The monoisotopic (exact) mass is 315 g/mol. The molecule has 21 heavy (non-hydrogen) atoms. The van der Waals surface area contributed by atoms with E-state index in [1.54, 1.807) is 0 Å². The summed E-state index contributed by atoms with van der Waals surface area (Å²) in [5.41, 5.74) is 0.422. The molecule has 0 radical (unpaired) electrons. The van der Waals surface area contributed by atoms with Gasteiger partial charge < -0.3 is 10.0 Å². The van der Waals surface area contributed by atoms with Gasteiger partial charge in [0, 0.05) is 5.54 Å². The Morgan fingerprint density at radius 1 is 1.19 bits per heavy atom. The fourth-order valence-electron chi connectivity index (χ4n) is 5.62. The zero-order chi connectivity index (χ0) is 14.3. The van der Waals surface area contributed by atoms with Crippen LogP contribution in [0.3, 0.4) is 0 Å². The molecular formula is C17H30ClNO2. The van der Waals surface area contributed by atoms with Gasteiger partial charge in [-0.3, -0.25) is 4.79 Å². The number of nitrogens with zero attached hydrogens (tertiary/aromatic N) is 1. The molecule has 4 heteroatoms. The third-order valence-corrected chi connectivity index (χ3v) is 6.47. The number of hydrogen-bond acceptors (Lipinski definition) is 2. The van der Waals surface area contributed by atoms with Crippen LogP contribution in [0.2, 0.25) is 0 Å². The van der Waals surface area contributed by atoms with Crippen molar-refractivity contribution in [2.24, 2.45) is 23.7 Å². The zero-order valence-corrected chi connectivity index (χ0v) is 14.2. The summed E-state index contributed by atoms with van der Waals surface area (Å²) in [6, 6.07) is 0. The second-order valence-electron chi connectivity index (χ2n) is 7.80. The molecule has 0 aromatic carbocycles. The SMILES string of the molecule is CCC(CCN(C)C12CC3CC(CC(C3)C1)C2)C(=O)O.Cl. The molecule has 4 fully saturated rings. The van der Waals surface area contributed by atoms with E-state index in [0.29, 0.717) is 5.54 Å². The summed E-state index contributed by atoms with van der Waals surface area (Å²) < 4.78 is 0. The van der Waals surface area contributed by atoms with Gasteiger partial charge >= 0.3 is 5.97 Å². The van der Waals surface area contributed by atoms with Crippen molar-refractivity contribution in [2.45, 2.75) is 63.8 Å². The molecule has 0 spiro atoms. The molecule has 4 rings (SSSR count). The first-order chi connectivity index (χ1) is 9.52. The Hall–Kier alpha value is -0.280. The summed E-state index contributed by atoms with van der Waals surface area (Å²) in [6.45, 7) is 2.94. The van der Waals surface area contributed by atoms with Gasteiger partial charge in [-0.2, -0.15) is 0 Å². The molecule has 0 aromatic rings. The molecule has 0 heterocycles. The second-order valence-corrected chi connectivity index (χ2v) is 7.80. The lowest BCUT2D eigenvalue weighted by atomic mass is 9.52. The van der Waals surface area contributed by atoms with E-state index in [9.17, 15) is 9.90 Å². The lowest BCUT2D eigenvalue weighted by Crippen LogP contribution is -2.59. The van der Waals surface area contributed by atoms with Crippen molar-refractivity contribution in [3.8, 4) is 0 Å². The number of aliphatic carboxylic acids is 1. The summed E-state index contributed by atoms with van der Waals surface area (Å²) in [5.74, 6) is 2.11. The molecular weight excluding hydrogens is 286 g/mol. The fraction of sp³-hybridized carbons (Fsp3) is 0.941. The van der Waals surface area contributed by atoms with Gasteiger partial charge in [-0.05, 0) is 82.7 Å². The van der Waals surface area contributed by atoms with Crippen molar-refractivity contribution in [3.63, 3.8) is 0 Å². The van der Waals surface area contributed by atoms with Crippen LogP contribution in [0.1, 0.15) is 58.3 Å². The maximum absolute atomic E-state index is 11.2. The van der Waals surface area contributed by atoms with Crippen molar-refractivity contribution in [1.29, 1.82) is 0 Å². The van der Waals surface area contributed by atoms with Crippen molar-refractivity contribution >= 4 is 18.4 Å². The number of hydrogen-bond donors (Lipinski definition) is 1. The third-order valence-electron chi connectivity index (χ3n) is 6.47. The molecule has 3 nitrogen and oxygen atoms in total. The smallest absolute Gasteiger partial charge is 0.306 e. The van der Waals surface area contributed by atoms with E-state index in [1.165, 1.54) is 38.5 Å². The van der Waals surface area contributed by atoms with Crippen LogP contribution in [0.5, 0.6) is 0 Å². The van der Waals surface area contributed by atoms with E-state index in [4.69, 9.17) is 0 Å². The molecule has 1 N–H and O–H groups in total. The Balaban J connectivity index is 0.00000161. The van der Waals surface area contributed by atoms with Gasteiger partial charge in [0.2, 0.25) is 0 Å². The largest absolute Gasteiger partial charge is 0.481 e. The molecule has 0 saturated heterocycles. The lowest BCUT2D eigenvalue weighted by Gasteiger charge is -2.60. The van der Waals surface area contributed by atoms with Gasteiger partial charge in [-0.25, -0.2) is 0 Å². The first-order valence-electron chi connectivity index (χ1n) is 8.46. The molecule has 4 bridgehead atoms. The lowest BCUT2D eigenvalue weighted by molar-refractivity contribution is -0.142. The molecule has 4 saturated carbocycles. The minimum atomic E-state index is -0.619. The highest BCUT2D eigenvalue weighted by atomic mass is 35.5. The van der Waals surface area contributed by atoms with Gasteiger partial charge in [0.1, 0.15) is 0 Å². The normalized spacial score (nSPS) is 38.3.